The van der Waals surface area contributed by atoms with Gasteiger partial charge in [-0.15, -0.1) is 0 Å². The molecule has 4 nitrogen and oxygen atoms in total. The van der Waals surface area contributed by atoms with Gasteiger partial charge in [0, 0.05) is 8.22 Å². The number of rotatable bonds is 4. The van der Waals surface area contributed by atoms with Gasteiger partial charge in [0.1, 0.15) is 0 Å². The Labute approximate surface area is 104 Å². The van der Waals surface area contributed by atoms with Crippen molar-refractivity contribution < 1.29 is 25.9 Å². The molecule has 0 amide bonds. The molecule has 5 heteroatoms. The standard InChI is InChI=1S/C11H16O4S/c1-9-4-6-10(7-5-9)16(13,14)15-8-11(2,3)12/h4-7,12H,8H2,1-3H3/i2D3,3D3. The first-order valence-corrected chi connectivity index (χ1v) is 5.80. The van der Waals surface area contributed by atoms with E-state index in [0.717, 1.165) is 5.56 Å². The first-order chi connectivity index (χ1) is 9.71. The van der Waals surface area contributed by atoms with Crippen LogP contribution < -0.4 is 0 Å². The van der Waals surface area contributed by atoms with E-state index in [1.807, 2.05) is 0 Å². The second-order valence-electron chi connectivity index (χ2n) is 3.39. The Bertz CT molecular complexity index is 603. The van der Waals surface area contributed by atoms with Crippen molar-refractivity contribution in [2.24, 2.45) is 0 Å². The third-order valence-electron chi connectivity index (χ3n) is 1.73. The smallest absolute Gasteiger partial charge is 0.297 e. The molecule has 0 atom stereocenters. The highest BCUT2D eigenvalue weighted by Gasteiger charge is 2.20. The number of benzene rings is 1. The van der Waals surface area contributed by atoms with Crippen LogP contribution in [0, 0.1) is 6.92 Å². The fourth-order valence-electron chi connectivity index (χ4n) is 0.936. The molecule has 0 saturated heterocycles. The van der Waals surface area contributed by atoms with Gasteiger partial charge in [-0.25, -0.2) is 0 Å². The third-order valence-corrected chi connectivity index (χ3v) is 3.01. The van der Waals surface area contributed by atoms with Gasteiger partial charge in [-0.1, -0.05) is 17.7 Å². The quantitative estimate of drug-likeness (QED) is 0.822. The summed E-state index contributed by atoms with van der Waals surface area (Å²) in [7, 11) is -4.39. The van der Waals surface area contributed by atoms with Crippen LogP contribution >= 0.6 is 0 Å². The minimum Gasteiger partial charge on any atom is -0.388 e. The summed E-state index contributed by atoms with van der Waals surface area (Å²) in [5, 5.41) is 9.92. The summed E-state index contributed by atoms with van der Waals surface area (Å²) in [5.74, 6) is 0. The molecule has 0 saturated carbocycles. The van der Waals surface area contributed by atoms with Crippen LogP contribution in [0.4, 0.5) is 0 Å². The van der Waals surface area contributed by atoms with Gasteiger partial charge in [-0.2, -0.15) is 8.42 Å². The summed E-state index contributed by atoms with van der Waals surface area (Å²) in [6, 6.07) is 5.45. The van der Waals surface area contributed by atoms with E-state index < -0.39 is 36.0 Å². The molecule has 0 aliphatic rings. The Morgan fingerprint density at radius 3 is 2.44 bits per heavy atom. The van der Waals surface area contributed by atoms with E-state index in [2.05, 4.69) is 4.18 Å². The average molecular weight is 250 g/mol. The predicted molar refractivity (Wildman–Crippen MR) is 60.6 cm³/mol. The van der Waals surface area contributed by atoms with E-state index in [-0.39, 0.29) is 4.90 Å². The summed E-state index contributed by atoms with van der Waals surface area (Å²) in [5.41, 5.74) is -2.50. The molecule has 0 aliphatic heterocycles. The van der Waals surface area contributed by atoms with E-state index in [1.54, 1.807) is 6.92 Å². The Balaban J connectivity index is 3.06. The van der Waals surface area contributed by atoms with E-state index in [4.69, 9.17) is 8.22 Å². The van der Waals surface area contributed by atoms with Crippen molar-refractivity contribution in [2.45, 2.75) is 31.1 Å². The Hall–Kier alpha value is -0.910. The number of hydrogen-bond donors (Lipinski definition) is 1. The van der Waals surface area contributed by atoms with Crippen LogP contribution in [0.2, 0.25) is 0 Å². The molecule has 1 rings (SSSR count). The highest BCUT2D eigenvalue weighted by atomic mass is 32.2. The molecule has 0 aromatic heterocycles. The average Bonchev–Trinajstić information content (AvgIpc) is 2.33. The molecule has 0 fully saturated rings. The largest absolute Gasteiger partial charge is 0.388 e. The van der Waals surface area contributed by atoms with Crippen molar-refractivity contribution in [1.29, 1.82) is 0 Å². The lowest BCUT2D eigenvalue weighted by Gasteiger charge is -2.16. The van der Waals surface area contributed by atoms with E-state index in [9.17, 15) is 13.5 Å². The van der Waals surface area contributed by atoms with Crippen molar-refractivity contribution in [1.82, 2.24) is 0 Å². The van der Waals surface area contributed by atoms with Gasteiger partial charge in [-0.3, -0.25) is 4.18 Å². The number of hydrogen-bond acceptors (Lipinski definition) is 4. The van der Waals surface area contributed by atoms with Crippen molar-refractivity contribution in [3.8, 4) is 0 Å². The summed E-state index contributed by atoms with van der Waals surface area (Å²) in [6.07, 6.45) is 0. The molecule has 1 N–H and O–H groups in total. The topological polar surface area (TPSA) is 63.6 Å². The van der Waals surface area contributed by atoms with Crippen LogP contribution in [0.5, 0.6) is 0 Å². The van der Waals surface area contributed by atoms with Crippen LogP contribution in [0.1, 0.15) is 27.5 Å². The zero-order chi connectivity index (χ0) is 17.4. The Morgan fingerprint density at radius 2 is 1.94 bits per heavy atom. The fraction of sp³-hybridized carbons (Fsp3) is 0.455. The zero-order valence-electron chi connectivity index (χ0n) is 14.6. The van der Waals surface area contributed by atoms with E-state index in [0.29, 0.717) is 0 Å². The van der Waals surface area contributed by atoms with E-state index >= 15 is 0 Å². The van der Waals surface area contributed by atoms with Crippen LogP contribution in [0.3, 0.4) is 0 Å². The summed E-state index contributed by atoms with van der Waals surface area (Å²) < 4.78 is 71.1. The molecule has 0 aliphatic carbocycles. The molecule has 0 unspecified atom stereocenters. The monoisotopic (exact) mass is 250 g/mol. The molecular formula is C11H16O4S. The van der Waals surface area contributed by atoms with Gasteiger partial charge in [-0.05, 0) is 32.8 Å². The molecule has 0 heterocycles. The van der Waals surface area contributed by atoms with Crippen LogP contribution in [-0.2, 0) is 14.3 Å². The van der Waals surface area contributed by atoms with Crippen molar-refractivity contribution in [2.75, 3.05) is 6.61 Å². The Morgan fingerprint density at radius 1 is 1.38 bits per heavy atom. The highest BCUT2D eigenvalue weighted by Crippen LogP contribution is 2.15. The number of aryl methyl sites for hydroxylation is 1. The fourth-order valence-corrected chi connectivity index (χ4v) is 1.87. The minimum absolute atomic E-state index is 0.267. The van der Waals surface area contributed by atoms with Gasteiger partial charge in [0.05, 0.1) is 17.1 Å². The van der Waals surface area contributed by atoms with Crippen molar-refractivity contribution in [3.05, 3.63) is 29.8 Å². The van der Waals surface area contributed by atoms with Gasteiger partial charge < -0.3 is 5.11 Å². The maximum absolute atomic E-state index is 11.9. The second kappa shape index (κ2) is 4.53. The maximum atomic E-state index is 11.9. The van der Waals surface area contributed by atoms with Gasteiger partial charge in [0.2, 0.25) is 0 Å². The Kier molecular flexibility index (Phi) is 1.91. The van der Waals surface area contributed by atoms with Gasteiger partial charge in [0.25, 0.3) is 10.1 Å². The van der Waals surface area contributed by atoms with Crippen LogP contribution in [0.25, 0.3) is 0 Å². The third kappa shape index (κ3) is 3.92. The zero-order valence-corrected chi connectivity index (χ0v) is 9.41. The first kappa shape index (κ1) is 6.74. The lowest BCUT2D eigenvalue weighted by Crippen LogP contribution is -2.27. The maximum Gasteiger partial charge on any atom is 0.297 e. The molecular weight excluding hydrogens is 228 g/mol. The van der Waals surface area contributed by atoms with E-state index in [1.165, 1.54) is 24.3 Å². The van der Waals surface area contributed by atoms with Gasteiger partial charge >= 0.3 is 0 Å². The molecule has 90 valence electrons. The minimum atomic E-state index is -4.39. The lowest BCUT2D eigenvalue weighted by molar-refractivity contribution is 0.0307. The van der Waals surface area contributed by atoms with Gasteiger partial charge in [0.15, 0.2) is 0 Å². The molecule has 0 bridgehead atoms. The lowest BCUT2D eigenvalue weighted by atomic mass is 10.2. The SMILES string of the molecule is [2H]C([2H])([2H])C(O)(COS(=O)(=O)c1ccc(C)cc1)C([2H])([2H])[2H]. The molecule has 16 heavy (non-hydrogen) atoms. The van der Waals surface area contributed by atoms with Crippen LogP contribution in [-0.4, -0.2) is 25.7 Å². The summed E-state index contributed by atoms with van der Waals surface area (Å²) in [4.78, 5) is -0.267. The number of aliphatic hydroxyl groups is 1. The van der Waals surface area contributed by atoms with Crippen molar-refractivity contribution in [3.63, 3.8) is 0 Å². The second-order valence-corrected chi connectivity index (χ2v) is 5.00. The predicted octanol–water partition coefficient (Wildman–Crippen LogP) is 1.47. The molecule has 1 aromatic rings. The van der Waals surface area contributed by atoms with Crippen LogP contribution in [0.15, 0.2) is 29.2 Å². The normalized spacial score (nSPS) is 19.9. The summed E-state index contributed by atoms with van der Waals surface area (Å²) in [6.45, 7) is -6.36. The highest BCUT2D eigenvalue weighted by molar-refractivity contribution is 7.86. The molecule has 0 radical (unpaired) electrons. The van der Waals surface area contributed by atoms with Crippen molar-refractivity contribution >= 4 is 10.1 Å². The molecule has 0 spiro atoms. The molecule has 1 aromatic carbocycles. The first-order valence-electron chi connectivity index (χ1n) is 7.39. The summed E-state index contributed by atoms with van der Waals surface area (Å²) >= 11 is 0.